The van der Waals surface area contributed by atoms with Crippen molar-refractivity contribution >= 4 is 34.0 Å². The van der Waals surface area contributed by atoms with Crippen LogP contribution in [0.5, 0.6) is 11.5 Å². The molecule has 1 heterocycles. The van der Waals surface area contributed by atoms with E-state index >= 15 is 0 Å². The Balaban J connectivity index is 1.40. The predicted molar refractivity (Wildman–Crippen MR) is 115 cm³/mol. The monoisotopic (exact) mass is 403 g/mol. The number of nitrogens with zero attached hydrogens (tertiary/aromatic N) is 1. The average Bonchev–Trinajstić information content (AvgIpc) is 2.76. The lowest BCUT2D eigenvalue weighted by Gasteiger charge is -2.18. The van der Waals surface area contributed by atoms with Gasteiger partial charge in [-0.3, -0.25) is 9.59 Å². The van der Waals surface area contributed by atoms with Crippen LogP contribution in [0.15, 0.2) is 65.8 Å². The molecule has 0 bridgehead atoms. The van der Waals surface area contributed by atoms with E-state index in [1.807, 2.05) is 48.5 Å². The van der Waals surface area contributed by atoms with Gasteiger partial charge in [0.05, 0.1) is 11.4 Å². The number of amides is 2. The topological polar surface area (TPSA) is 89.0 Å². The first-order valence-electron chi connectivity index (χ1n) is 9.56. The summed E-state index contributed by atoms with van der Waals surface area (Å²) in [5, 5.41) is 9.06. The molecule has 7 nitrogen and oxygen atoms in total. The van der Waals surface area contributed by atoms with E-state index in [1.165, 1.54) is 0 Å². The average molecular weight is 403 g/mol. The third-order valence-electron chi connectivity index (χ3n) is 4.77. The van der Waals surface area contributed by atoms with Gasteiger partial charge in [0.25, 0.3) is 11.8 Å². The zero-order valence-corrected chi connectivity index (χ0v) is 16.6. The lowest BCUT2D eigenvalue weighted by Crippen LogP contribution is -2.34. The van der Waals surface area contributed by atoms with Crippen LogP contribution in [0.4, 0.5) is 5.69 Å². The van der Waals surface area contributed by atoms with Crippen molar-refractivity contribution in [1.29, 1.82) is 0 Å². The number of carbonyl (C=O) groups excluding carboxylic acids is 2. The summed E-state index contributed by atoms with van der Waals surface area (Å²) in [4.78, 5) is 23.9. The van der Waals surface area contributed by atoms with Crippen LogP contribution in [0.3, 0.4) is 0 Å². The number of rotatable bonds is 5. The van der Waals surface area contributed by atoms with Crippen molar-refractivity contribution < 1.29 is 19.1 Å². The second-order valence-electron chi connectivity index (χ2n) is 6.99. The quantitative estimate of drug-likeness (QED) is 0.504. The molecular formula is C23H21N3O4. The van der Waals surface area contributed by atoms with Gasteiger partial charge < -0.3 is 14.8 Å². The van der Waals surface area contributed by atoms with Crippen molar-refractivity contribution in [3.8, 4) is 11.5 Å². The fourth-order valence-corrected chi connectivity index (χ4v) is 3.10. The highest BCUT2D eigenvalue weighted by Crippen LogP contribution is 2.28. The zero-order chi connectivity index (χ0) is 21.1. The van der Waals surface area contributed by atoms with Gasteiger partial charge in [0.1, 0.15) is 11.5 Å². The Labute approximate surface area is 173 Å². The summed E-state index contributed by atoms with van der Waals surface area (Å²) < 4.78 is 11.1. The van der Waals surface area contributed by atoms with E-state index in [9.17, 15) is 9.59 Å². The smallest absolute Gasteiger partial charge is 0.280 e. The van der Waals surface area contributed by atoms with E-state index < -0.39 is 6.10 Å². The van der Waals surface area contributed by atoms with E-state index in [0.29, 0.717) is 22.9 Å². The van der Waals surface area contributed by atoms with Gasteiger partial charge in [0, 0.05) is 0 Å². The number of fused-ring (bicyclic) bond motifs is 2. The molecule has 2 N–H and O–H groups in total. The van der Waals surface area contributed by atoms with Crippen molar-refractivity contribution in [2.75, 3.05) is 11.9 Å². The second-order valence-corrected chi connectivity index (χ2v) is 6.99. The summed E-state index contributed by atoms with van der Waals surface area (Å²) in [6.45, 7) is 3.44. The van der Waals surface area contributed by atoms with Crippen molar-refractivity contribution in [3.63, 3.8) is 0 Å². The Bertz CT molecular complexity index is 1160. The van der Waals surface area contributed by atoms with Crippen LogP contribution >= 0.6 is 0 Å². The van der Waals surface area contributed by atoms with Gasteiger partial charge >= 0.3 is 0 Å². The first kappa shape index (κ1) is 19.4. The number of benzene rings is 3. The van der Waals surface area contributed by atoms with Gasteiger partial charge in [0.15, 0.2) is 12.7 Å². The third-order valence-corrected chi connectivity index (χ3v) is 4.77. The maximum absolute atomic E-state index is 12.4. The summed E-state index contributed by atoms with van der Waals surface area (Å²) in [6.07, 6.45) is -0.723. The van der Waals surface area contributed by atoms with Crippen LogP contribution in [0.1, 0.15) is 19.4 Å². The van der Waals surface area contributed by atoms with Crippen molar-refractivity contribution in [2.24, 2.45) is 5.10 Å². The Morgan fingerprint density at radius 2 is 1.93 bits per heavy atom. The van der Waals surface area contributed by atoms with Gasteiger partial charge in [-0.25, -0.2) is 5.43 Å². The highest BCUT2D eigenvalue weighted by molar-refractivity contribution is 6.02. The molecule has 152 valence electrons. The fourth-order valence-electron chi connectivity index (χ4n) is 3.10. The molecule has 1 atom stereocenters. The minimum Gasteiger partial charge on any atom is -0.482 e. The molecule has 1 aliphatic heterocycles. The lowest BCUT2D eigenvalue weighted by atomic mass is 10.1. The number of hydrazone groups is 1. The number of ether oxygens (including phenoxy) is 2. The first-order chi connectivity index (χ1) is 14.5. The van der Waals surface area contributed by atoms with Gasteiger partial charge in [-0.05, 0) is 60.5 Å². The maximum Gasteiger partial charge on any atom is 0.280 e. The normalized spacial score (nSPS) is 14.3. The minimum absolute atomic E-state index is 0.00454. The molecule has 0 saturated carbocycles. The molecule has 0 spiro atoms. The lowest BCUT2D eigenvalue weighted by molar-refractivity contribution is -0.127. The Hall–Kier alpha value is -3.87. The third kappa shape index (κ3) is 4.25. The van der Waals surface area contributed by atoms with Crippen LogP contribution in [-0.2, 0) is 9.59 Å². The summed E-state index contributed by atoms with van der Waals surface area (Å²) >= 11 is 0. The van der Waals surface area contributed by atoms with E-state index in [4.69, 9.17) is 9.47 Å². The van der Waals surface area contributed by atoms with E-state index in [1.54, 1.807) is 26.0 Å². The maximum atomic E-state index is 12.4. The first-order valence-corrected chi connectivity index (χ1v) is 9.56. The second kappa shape index (κ2) is 8.24. The Morgan fingerprint density at radius 3 is 2.77 bits per heavy atom. The molecule has 3 aromatic carbocycles. The van der Waals surface area contributed by atoms with E-state index in [0.717, 1.165) is 16.3 Å². The molecular weight excluding hydrogens is 382 g/mol. The number of anilines is 1. The zero-order valence-electron chi connectivity index (χ0n) is 16.6. The van der Waals surface area contributed by atoms with Crippen LogP contribution in [0.25, 0.3) is 10.8 Å². The fraction of sp³-hybridized carbons (Fsp3) is 0.174. The standard InChI is InChI=1S/C23H21N3O4/c1-14(17-8-10-21-20(12-17)24-22(27)13-29-21)25-26-23(28)15(2)30-19-9-7-16-5-3-4-6-18(16)11-19/h3-12,15H,13H2,1-2H3,(H,24,27)(H,26,28)/b25-14-/t15-/m1/s1. The Morgan fingerprint density at radius 1 is 1.13 bits per heavy atom. The molecule has 0 radical (unpaired) electrons. The highest BCUT2D eigenvalue weighted by Gasteiger charge is 2.17. The molecule has 7 heteroatoms. The van der Waals surface area contributed by atoms with Crippen LogP contribution in [0, 0.1) is 0 Å². The molecule has 30 heavy (non-hydrogen) atoms. The molecule has 0 saturated heterocycles. The molecule has 0 fully saturated rings. The van der Waals surface area contributed by atoms with Crippen molar-refractivity contribution in [1.82, 2.24) is 5.43 Å². The molecule has 1 aliphatic rings. The minimum atomic E-state index is -0.723. The Kier molecular flexibility index (Phi) is 5.34. The summed E-state index contributed by atoms with van der Waals surface area (Å²) in [6, 6.07) is 19.0. The summed E-state index contributed by atoms with van der Waals surface area (Å²) in [5.74, 6) is 0.648. The molecule has 3 aromatic rings. The summed E-state index contributed by atoms with van der Waals surface area (Å²) in [7, 11) is 0. The number of carbonyl (C=O) groups is 2. The van der Waals surface area contributed by atoms with E-state index in [2.05, 4.69) is 15.8 Å². The van der Waals surface area contributed by atoms with Crippen LogP contribution in [0.2, 0.25) is 0 Å². The molecule has 4 rings (SSSR count). The predicted octanol–water partition coefficient (Wildman–Crippen LogP) is 3.48. The van der Waals surface area contributed by atoms with Gasteiger partial charge in [-0.15, -0.1) is 0 Å². The van der Waals surface area contributed by atoms with Gasteiger partial charge in [-0.2, -0.15) is 5.10 Å². The molecule has 2 amide bonds. The SMILES string of the molecule is C/C(=N/NC(=O)[C@@H](C)Oc1ccc2ccccc2c1)c1ccc2c(c1)NC(=O)CO2. The van der Waals surface area contributed by atoms with E-state index in [-0.39, 0.29) is 18.4 Å². The van der Waals surface area contributed by atoms with Crippen LogP contribution in [-0.4, -0.2) is 30.2 Å². The number of hydrogen-bond donors (Lipinski definition) is 2. The number of nitrogens with one attached hydrogen (secondary N) is 2. The summed E-state index contributed by atoms with van der Waals surface area (Å²) in [5.41, 5.74) is 4.45. The highest BCUT2D eigenvalue weighted by atomic mass is 16.5. The number of hydrogen-bond acceptors (Lipinski definition) is 5. The van der Waals surface area contributed by atoms with Crippen molar-refractivity contribution in [2.45, 2.75) is 20.0 Å². The van der Waals surface area contributed by atoms with Crippen LogP contribution < -0.4 is 20.2 Å². The largest absolute Gasteiger partial charge is 0.482 e. The van der Waals surface area contributed by atoms with Gasteiger partial charge in [0.2, 0.25) is 0 Å². The molecule has 0 aromatic heterocycles. The van der Waals surface area contributed by atoms with Gasteiger partial charge in [-0.1, -0.05) is 30.3 Å². The molecule has 0 aliphatic carbocycles. The molecule has 0 unspecified atom stereocenters. The van der Waals surface area contributed by atoms with Crippen molar-refractivity contribution in [3.05, 3.63) is 66.2 Å².